The second-order valence-corrected chi connectivity index (χ2v) is 39.3. The van der Waals surface area contributed by atoms with Gasteiger partial charge in [-0.25, -0.2) is 0 Å². The minimum atomic E-state index is -1.99. The Hall–Kier alpha value is 0.357. The molecule has 94 valence electrons. The van der Waals surface area contributed by atoms with Gasteiger partial charge in [-0.15, -0.1) is 0 Å². The van der Waals surface area contributed by atoms with Crippen LogP contribution in [0.3, 0.4) is 0 Å². The summed E-state index contributed by atoms with van der Waals surface area (Å²) in [4.78, 5) is 14.9. The topological polar surface area (TPSA) is 9.23 Å². The molecule has 0 aliphatic rings. The Morgan fingerprint density at radius 1 is 0.882 bits per heavy atom. The molecule has 0 saturated carbocycles. The van der Waals surface area contributed by atoms with E-state index in [2.05, 4.69) is 35.9 Å². The number of hydrogen-bond donors (Lipinski definition) is 0. The molecule has 0 amide bonds. The molecule has 0 aliphatic carbocycles. The van der Waals surface area contributed by atoms with E-state index in [-0.39, 0.29) is 0 Å². The molecule has 1 aromatic rings. The first-order valence-electron chi connectivity index (χ1n) is 6.14. The molecule has 0 radical (unpaired) electrons. The van der Waals surface area contributed by atoms with Crippen molar-refractivity contribution in [2.24, 2.45) is 0 Å². The van der Waals surface area contributed by atoms with Crippen molar-refractivity contribution in [2.45, 2.75) is 29.6 Å². The average Bonchev–Trinajstić information content (AvgIpc) is 2.15. The predicted octanol–water partition coefficient (Wildman–Crippen LogP) is 4.70. The van der Waals surface area contributed by atoms with Gasteiger partial charge in [-0.05, 0) is 0 Å². The Kier molecular flexibility index (Phi) is 5.44. The molecule has 0 heterocycles. The van der Waals surface area contributed by atoms with Gasteiger partial charge in [0.1, 0.15) is 0 Å². The maximum atomic E-state index is 5.86. The Morgan fingerprint density at radius 2 is 1.35 bits per heavy atom. The first kappa shape index (κ1) is 15.4. The van der Waals surface area contributed by atoms with Crippen LogP contribution in [0.4, 0.5) is 0 Å². The third-order valence-corrected chi connectivity index (χ3v) is 41.3. The Balaban J connectivity index is 2.93. The molecule has 0 bridgehead atoms. The van der Waals surface area contributed by atoms with E-state index in [1.165, 1.54) is 0 Å². The summed E-state index contributed by atoms with van der Waals surface area (Å²) in [5.74, 6) is 0.955. The van der Waals surface area contributed by atoms with E-state index in [0.29, 0.717) is 0 Å². The van der Waals surface area contributed by atoms with Crippen LogP contribution in [-0.2, 0) is 0 Å². The van der Waals surface area contributed by atoms with Gasteiger partial charge in [0.25, 0.3) is 0 Å². The molecule has 0 aromatic heterocycles. The van der Waals surface area contributed by atoms with Gasteiger partial charge in [-0.3, -0.25) is 0 Å². The Bertz CT molecular complexity index is 367. The van der Waals surface area contributed by atoms with Crippen LogP contribution in [0.1, 0.15) is 0 Å². The number of rotatable bonds is 4. The van der Waals surface area contributed by atoms with Crippen LogP contribution in [0.15, 0.2) is 38.2 Å². The molecule has 1 rings (SSSR count). The van der Waals surface area contributed by atoms with Crippen molar-refractivity contribution >= 4 is 36.8 Å². The number of para-hydroxylation sites is 1. The Morgan fingerprint density at radius 3 is 1.76 bits per heavy atom. The van der Waals surface area contributed by atoms with Crippen LogP contribution in [0.2, 0.25) is 29.6 Å². The zero-order valence-electron chi connectivity index (χ0n) is 11.9. The van der Waals surface area contributed by atoms with E-state index in [1.807, 2.05) is 30.3 Å². The van der Waals surface area contributed by atoms with Gasteiger partial charge in [0.2, 0.25) is 0 Å². The van der Waals surface area contributed by atoms with Crippen LogP contribution in [-0.4, -0.2) is 36.8 Å². The zero-order valence-corrected chi connectivity index (χ0v) is 17.6. The van der Waals surface area contributed by atoms with Crippen molar-refractivity contribution in [2.75, 3.05) is 0 Å². The molecule has 1 aromatic carbocycles. The summed E-state index contributed by atoms with van der Waals surface area (Å²) in [6.07, 6.45) is 2.10. The van der Waals surface area contributed by atoms with Crippen LogP contribution in [0, 0.1) is 0 Å². The van der Waals surface area contributed by atoms with Crippen molar-refractivity contribution in [1.29, 1.82) is 0 Å². The summed E-state index contributed by atoms with van der Waals surface area (Å²) in [7, 11) is 0. The molecule has 0 aliphatic heterocycles. The van der Waals surface area contributed by atoms with E-state index in [0.717, 1.165) is 5.75 Å². The minimum absolute atomic E-state index is 0.955. The molecule has 0 N–H and O–H groups in total. The van der Waals surface area contributed by atoms with Crippen molar-refractivity contribution in [1.82, 2.24) is 0 Å². The average molecular weight is 446 g/mol. The van der Waals surface area contributed by atoms with E-state index in [4.69, 9.17) is 4.74 Å². The standard InChI is InChI=1S/C8H6O.6CH3.2Sn/c1-2-9-8-6-4-3-5-7-8;;;;;;;;/h2-7H;6*1H3;;. The molecule has 17 heavy (non-hydrogen) atoms. The van der Waals surface area contributed by atoms with Crippen LogP contribution < -0.4 is 4.74 Å². The number of benzene rings is 1. The summed E-state index contributed by atoms with van der Waals surface area (Å²) in [5, 5.41) is 0. The monoisotopic (exact) mass is 448 g/mol. The third kappa shape index (κ3) is 5.24. The quantitative estimate of drug-likeness (QED) is 0.482. The fourth-order valence-corrected chi connectivity index (χ4v) is 54.0. The molecular weight excluding hydrogens is 422 g/mol. The first-order chi connectivity index (χ1) is 7.71. The molecule has 0 saturated heterocycles. The first-order valence-corrected chi connectivity index (χ1v) is 26.1. The van der Waals surface area contributed by atoms with Gasteiger partial charge >= 0.3 is 115 Å². The molecule has 0 unspecified atom stereocenters. The zero-order chi connectivity index (χ0) is 13.1. The molecule has 3 heteroatoms. The van der Waals surface area contributed by atoms with E-state index >= 15 is 0 Å². The van der Waals surface area contributed by atoms with Crippen molar-refractivity contribution in [3.63, 3.8) is 0 Å². The van der Waals surface area contributed by atoms with Gasteiger partial charge in [-0.2, -0.15) is 0 Å². The normalized spacial score (nSPS) is 12.1. The summed E-state index contributed by atoms with van der Waals surface area (Å²) >= 11 is -3.99. The van der Waals surface area contributed by atoms with Crippen molar-refractivity contribution in [3.8, 4) is 5.75 Å². The molecule has 0 fully saturated rings. The van der Waals surface area contributed by atoms with Gasteiger partial charge in [0.05, 0.1) is 0 Å². The number of ether oxygens (including phenoxy) is 1. The molecule has 1 nitrogen and oxygen atoms in total. The van der Waals surface area contributed by atoms with Crippen LogP contribution in [0.25, 0.3) is 0 Å². The molecule has 0 spiro atoms. The maximum absolute atomic E-state index is 5.86. The third-order valence-electron chi connectivity index (χ3n) is 2.67. The van der Waals surface area contributed by atoms with E-state index in [1.54, 1.807) is 1.60 Å². The fraction of sp³-hybridized carbons (Fsp3) is 0.429. The molecular formula is C14H24OSn2. The van der Waals surface area contributed by atoms with E-state index in [9.17, 15) is 0 Å². The fourth-order valence-electron chi connectivity index (χ4n) is 2.10. The van der Waals surface area contributed by atoms with Gasteiger partial charge in [0, 0.05) is 0 Å². The number of hydrogen-bond acceptors (Lipinski definition) is 1. The molecule has 0 atom stereocenters. The predicted molar refractivity (Wildman–Crippen MR) is 81.8 cm³/mol. The van der Waals surface area contributed by atoms with Crippen LogP contribution >= 0.6 is 0 Å². The second kappa shape index (κ2) is 6.00. The van der Waals surface area contributed by atoms with Crippen LogP contribution in [0.5, 0.6) is 5.75 Å². The van der Waals surface area contributed by atoms with E-state index < -0.39 is 36.8 Å². The Labute approximate surface area is 114 Å². The van der Waals surface area contributed by atoms with Gasteiger partial charge < -0.3 is 0 Å². The SMILES string of the molecule is [CH3][Sn]([CH3])([CH3])[C](=COc1ccccc1)[Sn]([CH3])([CH3])[CH3]. The summed E-state index contributed by atoms with van der Waals surface area (Å²) in [5.41, 5.74) is 0. The van der Waals surface area contributed by atoms with Gasteiger partial charge in [-0.1, -0.05) is 0 Å². The summed E-state index contributed by atoms with van der Waals surface area (Å²) in [6, 6.07) is 10.1. The summed E-state index contributed by atoms with van der Waals surface area (Å²) < 4.78 is 7.60. The van der Waals surface area contributed by atoms with Gasteiger partial charge in [0.15, 0.2) is 0 Å². The second-order valence-electron chi connectivity index (χ2n) is 6.46. The summed E-state index contributed by atoms with van der Waals surface area (Å²) in [6.45, 7) is 0. The van der Waals surface area contributed by atoms with Crippen molar-refractivity contribution < 1.29 is 4.74 Å². The van der Waals surface area contributed by atoms with Crippen molar-refractivity contribution in [3.05, 3.63) is 38.2 Å².